The van der Waals surface area contributed by atoms with Gasteiger partial charge in [0.25, 0.3) is 5.69 Å². The highest BCUT2D eigenvalue weighted by atomic mass is 16.6. The topological polar surface area (TPSA) is 103 Å². The van der Waals surface area contributed by atoms with Crippen molar-refractivity contribution in [3.63, 3.8) is 0 Å². The smallest absolute Gasteiger partial charge is 0.339 e. The molecule has 7 nitrogen and oxygen atoms in total. The summed E-state index contributed by atoms with van der Waals surface area (Å²) in [5.41, 5.74) is 0.217. The molecule has 1 aromatic carbocycles. The van der Waals surface area contributed by atoms with Crippen LogP contribution in [-0.4, -0.2) is 21.0 Å². The molecular weight excluding hydrogens is 264 g/mol. The van der Waals surface area contributed by atoms with E-state index in [1.165, 1.54) is 18.3 Å². The molecule has 1 heterocycles. The van der Waals surface area contributed by atoms with Crippen molar-refractivity contribution in [3.05, 3.63) is 57.8 Å². The van der Waals surface area contributed by atoms with Crippen molar-refractivity contribution in [1.82, 2.24) is 4.98 Å². The number of ether oxygens (including phenoxy) is 1. The monoisotopic (exact) mass is 274 g/mol. The molecule has 0 bridgehead atoms. The number of aromatic nitrogens is 1. The van der Waals surface area contributed by atoms with Crippen LogP contribution >= 0.6 is 0 Å². The molecule has 2 aromatic rings. The molecule has 0 saturated heterocycles. The Balaban J connectivity index is 2.38. The van der Waals surface area contributed by atoms with Gasteiger partial charge in [0.1, 0.15) is 11.3 Å². The molecule has 20 heavy (non-hydrogen) atoms. The second-order valence-corrected chi connectivity index (χ2v) is 3.97. The van der Waals surface area contributed by atoms with Gasteiger partial charge in [0.2, 0.25) is 5.88 Å². The molecule has 0 aliphatic carbocycles. The quantitative estimate of drug-likeness (QED) is 0.679. The number of hydrogen-bond acceptors (Lipinski definition) is 5. The van der Waals surface area contributed by atoms with Crippen LogP contribution in [0.2, 0.25) is 0 Å². The van der Waals surface area contributed by atoms with E-state index in [1.807, 2.05) is 0 Å². The van der Waals surface area contributed by atoms with Gasteiger partial charge < -0.3 is 9.84 Å². The Morgan fingerprint density at radius 1 is 1.40 bits per heavy atom. The number of benzene rings is 1. The summed E-state index contributed by atoms with van der Waals surface area (Å²) >= 11 is 0. The number of aryl methyl sites for hydroxylation is 1. The highest BCUT2D eigenvalue weighted by molar-refractivity contribution is 5.90. The van der Waals surface area contributed by atoms with Gasteiger partial charge in [0, 0.05) is 11.8 Å². The minimum absolute atomic E-state index is 0.0315. The lowest BCUT2D eigenvalue weighted by Gasteiger charge is -2.07. The summed E-state index contributed by atoms with van der Waals surface area (Å²) in [4.78, 5) is 25.2. The van der Waals surface area contributed by atoms with Gasteiger partial charge in [-0.3, -0.25) is 10.1 Å². The first kappa shape index (κ1) is 13.5. The van der Waals surface area contributed by atoms with Crippen LogP contribution in [-0.2, 0) is 0 Å². The van der Waals surface area contributed by atoms with Crippen molar-refractivity contribution < 1.29 is 19.6 Å². The van der Waals surface area contributed by atoms with Crippen molar-refractivity contribution >= 4 is 11.7 Å². The van der Waals surface area contributed by atoms with Crippen LogP contribution in [0.5, 0.6) is 11.6 Å². The molecule has 0 unspecified atom stereocenters. The van der Waals surface area contributed by atoms with Crippen molar-refractivity contribution in [2.45, 2.75) is 6.92 Å². The summed E-state index contributed by atoms with van der Waals surface area (Å²) in [6.45, 7) is 1.56. The van der Waals surface area contributed by atoms with Crippen LogP contribution in [0.25, 0.3) is 0 Å². The van der Waals surface area contributed by atoms with Gasteiger partial charge in [-0.1, -0.05) is 12.1 Å². The van der Waals surface area contributed by atoms with Crippen LogP contribution < -0.4 is 4.74 Å². The lowest BCUT2D eigenvalue weighted by molar-refractivity contribution is -0.385. The molecular formula is C13H10N2O5. The van der Waals surface area contributed by atoms with Gasteiger partial charge in [0.05, 0.1) is 11.0 Å². The fourth-order valence-corrected chi connectivity index (χ4v) is 1.59. The fraction of sp³-hybridized carbons (Fsp3) is 0.0769. The van der Waals surface area contributed by atoms with E-state index in [4.69, 9.17) is 9.84 Å². The molecule has 0 atom stereocenters. The zero-order valence-electron chi connectivity index (χ0n) is 10.4. The van der Waals surface area contributed by atoms with Crippen LogP contribution in [0.15, 0.2) is 36.5 Å². The van der Waals surface area contributed by atoms with E-state index in [0.29, 0.717) is 5.56 Å². The lowest BCUT2D eigenvalue weighted by atomic mass is 10.2. The maximum atomic E-state index is 11.0. The standard InChI is InChI=1S/C13H10N2O5/c1-8-7-14-12(6-10(8)15(18)19)20-11-5-3-2-4-9(11)13(16)17/h2-7H,1H3,(H,16,17). The third kappa shape index (κ3) is 2.72. The highest BCUT2D eigenvalue weighted by Crippen LogP contribution is 2.27. The molecule has 2 rings (SSSR count). The number of carboxylic acid groups (broad SMARTS) is 1. The van der Waals surface area contributed by atoms with Crippen LogP contribution in [0.4, 0.5) is 5.69 Å². The highest BCUT2D eigenvalue weighted by Gasteiger charge is 2.16. The number of para-hydroxylation sites is 1. The number of rotatable bonds is 4. The summed E-state index contributed by atoms with van der Waals surface area (Å²) in [6, 6.07) is 7.15. The van der Waals surface area contributed by atoms with Crippen molar-refractivity contribution in [1.29, 1.82) is 0 Å². The Bertz CT molecular complexity index is 684. The minimum Gasteiger partial charge on any atom is -0.478 e. The summed E-state index contributed by atoms with van der Waals surface area (Å²) in [5, 5.41) is 19.9. The Morgan fingerprint density at radius 3 is 2.75 bits per heavy atom. The number of pyridine rings is 1. The summed E-state index contributed by atoms with van der Waals surface area (Å²) < 4.78 is 5.32. The Labute approximate surface area is 113 Å². The van der Waals surface area contributed by atoms with Gasteiger partial charge in [0.15, 0.2) is 0 Å². The van der Waals surface area contributed by atoms with Gasteiger partial charge in [-0.2, -0.15) is 0 Å². The fourth-order valence-electron chi connectivity index (χ4n) is 1.59. The number of carboxylic acids is 1. The first-order valence-electron chi connectivity index (χ1n) is 5.60. The third-order valence-corrected chi connectivity index (χ3v) is 2.58. The van der Waals surface area contributed by atoms with E-state index in [0.717, 1.165) is 6.07 Å². The average molecular weight is 274 g/mol. The normalized spacial score (nSPS) is 10.1. The largest absolute Gasteiger partial charge is 0.478 e. The zero-order valence-corrected chi connectivity index (χ0v) is 10.4. The van der Waals surface area contributed by atoms with E-state index < -0.39 is 10.9 Å². The first-order chi connectivity index (χ1) is 9.49. The van der Waals surface area contributed by atoms with Crippen molar-refractivity contribution in [2.75, 3.05) is 0 Å². The number of nitrogens with zero attached hydrogens (tertiary/aromatic N) is 2. The minimum atomic E-state index is -1.15. The maximum Gasteiger partial charge on any atom is 0.339 e. The summed E-state index contributed by atoms with van der Waals surface area (Å²) in [5.74, 6) is -1.11. The molecule has 7 heteroatoms. The van der Waals surface area contributed by atoms with Gasteiger partial charge in [-0.15, -0.1) is 0 Å². The van der Waals surface area contributed by atoms with Crippen LogP contribution in [0, 0.1) is 17.0 Å². The first-order valence-corrected chi connectivity index (χ1v) is 5.60. The van der Waals surface area contributed by atoms with E-state index in [9.17, 15) is 14.9 Å². The maximum absolute atomic E-state index is 11.0. The SMILES string of the molecule is Cc1cnc(Oc2ccccc2C(=O)O)cc1[N+](=O)[O-]. The van der Waals surface area contributed by atoms with Crippen molar-refractivity contribution in [3.8, 4) is 11.6 Å². The summed E-state index contributed by atoms with van der Waals surface area (Å²) in [7, 11) is 0. The second kappa shape index (κ2) is 5.35. The van der Waals surface area contributed by atoms with Crippen LogP contribution in [0.1, 0.15) is 15.9 Å². The molecule has 0 saturated carbocycles. The summed E-state index contributed by atoms with van der Waals surface area (Å²) in [6.07, 6.45) is 1.30. The van der Waals surface area contributed by atoms with E-state index >= 15 is 0 Å². The van der Waals surface area contributed by atoms with E-state index in [-0.39, 0.29) is 22.9 Å². The van der Waals surface area contributed by atoms with Gasteiger partial charge in [-0.05, 0) is 19.1 Å². The predicted octanol–water partition coefficient (Wildman–Crippen LogP) is 2.79. The second-order valence-electron chi connectivity index (χ2n) is 3.97. The average Bonchev–Trinajstić information content (AvgIpc) is 2.41. The third-order valence-electron chi connectivity index (χ3n) is 2.58. The van der Waals surface area contributed by atoms with Gasteiger partial charge >= 0.3 is 5.97 Å². The molecule has 102 valence electrons. The van der Waals surface area contributed by atoms with Crippen molar-refractivity contribution in [2.24, 2.45) is 0 Å². The number of aromatic carboxylic acids is 1. The molecule has 1 N–H and O–H groups in total. The predicted molar refractivity (Wildman–Crippen MR) is 69.1 cm³/mol. The molecule has 0 spiro atoms. The number of carbonyl (C=O) groups is 1. The van der Waals surface area contributed by atoms with Gasteiger partial charge in [-0.25, -0.2) is 9.78 Å². The van der Waals surface area contributed by atoms with E-state index in [1.54, 1.807) is 19.1 Å². The Kier molecular flexibility index (Phi) is 3.60. The molecule has 0 fully saturated rings. The van der Waals surface area contributed by atoms with E-state index in [2.05, 4.69) is 4.98 Å². The number of nitro groups is 1. The molecule has 1 aromatic heterocycles. The lowest BCUT2D eigenvalue weighted by Crippen LogP contribution is -2.01. The number of hydrogen-bond donors (Lipinski definition) is 1. The Morgan fingerprint density at radius 2 is 2.10 bits per heavy atom. The van der Waals surface area contributed by atoms with Crippen LogP contribution in [0.3, 0.4) is 0 Å². The molecule has 0 aliphatic rings. The Hall–Kier alpha value is -2.96. The zero-order chi connectivity index (χ0) is 14.7. The molecule has 0 aliphatic heterocycles. The molecule has 0 radical (unpaired) electrons. The molecule has 0 amide bonds.